The van der Waals surface area contributed by atoms with Crippen molar-refractivity contribution in [2.45, 2.75) is 84.0 Å². The summed E-state index contributed by atoms with van der Waals surface area (Å²) in [5.74, 6) is -0.786. The van der Waals surface area contributed by atoms with Crippen LogP contribution < -0.4 is 5.73 Å². The quantitative estimate of drug-likeness (QED) is 0.454. The summed E-state index contributed by atoms with van der Waals surface area (Å²) in [6, 6.07) is -0.763. The Morgan fingerprint density at radius 2 is 1.81 bits per heavy atom. The number of fused-ring (bicyclic) bond motifs is 1. The number of primary amides is 1. The Bertz CT molecular complexity index is 1070. The molecule has 3 heterocycles. The van der Waals surface area contributed by atoms with Crippen molar-refractivity contribution in [1.29, 1.82) is 0 Å². The fraction of sp³-hybridized carbons (Fsp3) is 0.680. The van der Waals surface area contributed by atoms with Crippen LogP contribution in [0.4, 0.5) is 0 Å². The van der Waals surface area contributed by atoms with Crippen molar-refractivity contribution in [2.75, 3.05) is 13.1 Å². The van der Waals surface area contributed by atoms with Gasteiger partial charge in [0.2, 0.25) is 11.8 Å². The fourth-order valence-corrected chi connectivity index (χ4v) is 5.64. The SMILES string of the molecule is CC(C)C[C@H]1ON(C(=O)/C=C/c2nnc(C3CC3)s2)[C@H]2CN(CCC(N)=O)C(=O)[C@H](CC(C)C)N2C1=O. The van der Waals surface area contributed by atoms with Gasteiger partial charge in [-0.15, -0.1) is 10.2 Å². The van der Waals surface area contributed by atoms with Gasteiger partial charge in [-0.25, -0.2) is 0 Å². The second-order valence-corrected chi connectivity index (χ2v) is 11.9. The van der Waals surface area contributed by atoms with Gasteiger partial charge in [-0.1, -0.05) is 39.0 Å². The average molecular weight is 533 g/mol. The number of piperazine rings is 1. The van der Waals surface area contributed by atoms with Gasteiger partial charge >= 0.3 is 0 Å². The van der Waals surface area contributed by atoms with Gasteiger partial charge in [0.05, 0.1) is 6.54 Å². The van der Waals surface area contributed by atoms with E-state index in [1.165, 1.54) is 32.3 Å². The van der Waals surface area contributed by atoms with Crippen LogP contribution >= 0.6 is 11.3 Å². The molecule has 0 spiro atoms. The lowest BCUT2D eigenvalue weighted by Gasteiger charge is -2.53. The first-order chi connectivity index (χ1) is 17.5. The molecule has 11 nitrogen and oxygen atoms in total. The third-order valence-corrected chi connectivity index (χ3v) is 7.71. The largest absolute Gasteiger partial charge is 0.370 e. The molecule has 1 aromatic heterocycles. The van der Waals surface area contributed by atoms with Crippen LogP contribution in [-0.4, -0.2) is 80.1 Å². The number of nitrogens with zero attached hydrogens (tertiary/aromatic N) is 5. The zero-order valence-corrected chi connectivity index (χ0v) is 22.6. The van der Waals surface area contributed by atoms with Crippen molar-refractivity contribution >= 4 is 41.0 Å². The normalized spacial score (nSPS) is 24.5. The minimum atomic E-state index is -0.878. The van der Waals surface area contributed by atoms with Crippen LogP contribution in [0.3, 0.4) is 0 Å². The van der Waals surface area contributed by atoms with E-state index in [-0.39, 0.29) is 43.2 Å². The molecule has 2 N–H and O–H groups in total. The summed E-state index contributed by atoms with van der Waals surface area (Å²) in [5, 5.41) is 11.2. The van der Waals surface area contributed by atoms with E-state index in [4.69, 9.17) is 10.6 Å². The molecule has 1 aliphatic carbocycles. The van der Waals surface area contributed by atoms with Gasteiger partial charge in [-0.05, 0) is 43.6 Å². The molecule has 1 saturated carbocycles. The van der Waals surface area contributed by atoms with Crippen molar-refractivity contribution in [3.05, 3.63) is 16.1 Å². The summed E-state index contributed by atoms with van der Waals surface area (Å²) in [7, 11) is 0. The topological polar surface area (TPSA) is 139 Å². The number of rotatable bonds is 10. The Hall–Kier alpha value is -2.86. The van der Waals surface area contributed by atoms with Gasteiger partial charge in [-0.2, -0.15) is 5.06 Å². The maximum Gasteiger partial charge on any atom is 0.272 e. The molecule has 3 atom stereocenters. The number of hydrogen-bond acceptors (Lipinski definition) is 8. The Balaban J connectivity index is 1.63. The molecular formula is C25H36N6O5S. The number of aromatic nitrogens is 2. The van der Waals surface area contributed by atoms with E-state index < -0.39 is 30.1 Å². The molecule has 3 aliphatic rings. The zero-order chi connectivity index (χ0) is 26.9. The first-order valence-corrected chi connectivity index (χ1v) is 13.8. The molecule has 4 rings (SSSR count). The van der Waals surface area contributed by atoms with E-state index in [2.05, 4.69) is 10.2 Å². The van der Waals surface area contributed by atoms with Crippen molar-refractivity contribution in [3.8, 4) is 0 Å². The smallest absolute Gasteiger partial charge is 0.272 e. The molecule has 37 heavy (non-hydrogen) atoms. The standard InChI is InChI=1S/C25H36N6O5S/c1-14(2)11-17-24(34)29(10-9-19(26)32)13-21-30(17)25(35)18(12-15(3)4)36-31(21)22(33)8-7-20-27-28-23(37-20)16-5-6-16/h7-8,14-18,21H,5-6,9-13H2,1-4H3,(H2,26,32)/b8-7+/t17-,18+,21-/m0/s1. The van der Waals surface area contributed by atoms with Crippen LogP contribution in [0.2, 0.25) is 0 Å². The monoisotopic (exact) mass is 532 g/mol. The number of amides is 4. The summed E-state index contributed by atoms with van der Waals surface area (Å²) < 4.78 is 0. The summed E-state index contributed by atoms with van der Waals surface area (Å²) in [4.78, 5) is 61.0. The maximum atomic E-state index is 13.6. The number of carbonyl (C=O) groups is 4. The van der Waals surface area contributed by atoms with E-state index in [1.54, 1.807) is 6.08 Å². The van der Waals surface area contributed by atoms with Crippen LogP contribution in [0.5, 0.6) is 0 Å². The fourth-order valence-electron chi connectivity index (χ4n) is 4.72. The van der Waals surface area contributed by atoms with E-state index in [9.17, 15) is 19.2 Å². The van der Waals surface area contributed by atoms with E-state index in [0.29, 0.717) is 23.8 Å². The summed E-state index contributed by atoms with van der Waals surface area (Å²) in [6.45, 7) is 8.05. The second-order valence-electron chi connectivity index (χ2n) is 10.8. The number of carbonyl (C=O) groups excluding carboxylic acids is 4. The molecule has 0 bridgehead atoms. The van der Waals surface area contributed by atoms with Gasteiger partial charge in [-0.3, -0.25) is 24.0 Å². The molecule has 2 saturated heterocycles. The third-order valence-electron chi connectivity index (χ3n) is 6.66. The Labute approximate surface area is 220 Å². The lowest BCUT2D eigenvalue weighted by atomic mass is 9.95. The lowest BCUT2D eigenvalue weighted by Crippen LogP contribution is -2.73. The van der Waals surface area contributed by atoms with Crippen LogP contribution in [-0.2, 0) is 24.0 Å². The average Bonchev–Trinajstić information content (AvgIpc) is 3.57. The Morgan fingerprint density at radius 1 is 1.11 bits per heavy atom. The third kappa shape index (κ3) is 6.35. The molecule has 202 valence electrons. The van der Waals surface area contributed by atoms with Crippen molar-refractivity contribution in [1.82, 2.24) is 25.1 Å². The summed E-state index contributed by atoms with van der Waals surface area (Å²) >= 11 is 1.46. The predicted octanol–water partition coefficient (Wildman–Crippen LogP) is 1.90. The Kier molecular flexibility index (Phi) is 8.27. The van der Waals surface area contributed by atoms with Crippen LogP contribution in [0.1, 0.15) is 75.7 Å². The highest BCUT2D eigenvalue weighted by molar-refractivity contribution is 7.12. The van der Waals surface area contributed by atoms with E-state index >= 15 is 0 Å². The number of nitrogens with two attached hydrogens (primary N) is 1. The van der Waals surface area contributed by atoms with Gasteiger partial charge < -0.3 is 15.5 Å². The van der Waals surface area contributed by atoms with Crippen LogP contribution in [0, 0.1) is 11.8 Å². The summed E-state index contributed by atoms with van der Waals surface area (Å²) in [5.41, 5.74) is 5.33. The van der Waals surface area contributed by atoms with Crippen molar-refractivity contribution in [2.24, 2.45) is 17.6 Å². The number of hydroxylamine groups is 2. The van der Waals surface area contributed by atoms with Crippen LogP contribution in [0.15, 0.2) is 6.08 Å². The molecule has 12 heteroatoms. The predicted molar refractivity (Wildman–Crippen MR) is 136 cm³/mol. The van der Waals surface area contributed by atoms with Gasteiger partial charge in [0.1, 0.15) is 16.1 Å². The molecular weight excluding hydrogens is 496 g/mol. The summed E-state index contributed by atoms with van der Waals surface area (Å²) in [6.07, 6.45) is 4.34. The Morgan fingerprint density at radius 3 is 2.43 bits per heavy atom. The van der Waals surface area contributed by atoms with Gasteiger partial charge in [0.15, 0.2) is 12.3 Å². The zero-order valence-electron chi connectivity index (χ0n) is 21.8. The second kappa shape index (κ2) is 11.3. The number of hydrogen-bond donors (Lipinski definition) is 1. The minimum absolute atomic E-state index is 0.00807. The highest BCUT2D eigenvalue weighted by Gasteiger charge is 2.52. The first kappa shape index (κ1) is 27.2. The molecule has 0 aromatic carbocycles. The molecule has 2 aliphatic heterocycles. The van der Waals surface area contributed by atoms with Gasteiger partial charge in [0, 0.05) is 25.0 Å². The van der Waals surface area contributed by atoms with Gasteiger partial charge in [0.25, 0.3) is 11.8 Å². The van der Waals surface area contributed by atoms with E-state index in [1.807, 2.05) is 27.7 Å². The molecule has 1 aromatic rings. The highest BCUT2D eigenvalue weighted by atomic mass is 32.1. The first-order valence-electron chi connectivity index (χ1n) is 13.0. The molecule has 0 unspecified atom stereocenters. The van der Waals surface area contributed by atoms with Crippen molar-refractivity contribution < 1.29 is 24.0 Å². The molecule has 0 radical (unpaired) electrons. The highest BCUT2D eigenvalue weighted by Crippen LogP contribution is 2.41. The molecule has 4 amide bonds. The van der Waals surface area contributed by atoms with Crippen molar-refractivity contribution in [3.63, 3.8) is 0 Å². The van der Waals surface area contributed by atoms with E-state index in [0.717, 1.165) is 17.8 Å². The maximum absolute atomic E-state index is 13.6. The minimum Gasteiger partial charge on any atom is -0.370 e. The lowest BCUT2D eigenvalue weighted by molar-refractivity contribution is -0.274. The molecule has 3 fully saturated rings. The van der Waals surface area contributed by atoms with Crippen LogP contribution in [0.25, 0.3) is 6.08 Å².